The third-order valence-corrected chi connectivity index (χ3v) is 4.59. The minimum Gasteiger partial charge on any atom is -0.493 e. The minimum absolute atomic E-state index is 0.0537. The van der Waals surface area contributed by atoms with Crippen LogP contribution in [-0.2, 0) is 11.2 Å². The number of carbonyl (C=O) groups excluding carboxylic acids is 1. The summed E-state index contributed by atoms with van der Waals surface area (Å²) >= 11 is 0. The Labute approximate surface area is 159 Å². The number of methoxy groups -OCH3 is 2. The molecule has 3 rings (SSSR count). The van der Waals surface area contributed by atoms with Gasteiger partial charge in [0.1, 0.15) is 0 Å². The lowest BCUT2D eigenvalue weighted by atomic mass is 9.96. The number of carbonyl (C=O) groups is 1. The largest absolute Gasteiger partial charge is 0.493 e. The van der Waals surface area contributed by atoms with E-state index < -0.39 is 0 Å². The Morgan fingerprint density at radius 2 is 1.78 bits per heavy atom. The van der Waals surface area contributed by atoms with Gasteiger partial charge in [0, 0.05) is 12.5 Å². The van der Waals surface area contributed by atoms with Crippen molar-refractivity contribution in [2.45, 2.75) is 26.3 Å². The summed E-state index contributed by atoms with van der Waals surface area (Å²) in [6.45, 7) is 3.53. The molecule has 27 heavy (non-hydrogen) atoms. The molecule has 1 heterocycles. The van der Waals surface area contributed by atoms with Crippen molar-refractivity contribution < 1.29 is 14.3 Å². The summed E-state index contributed by atoms with van der Waals surface area (Å²) in [5.74, 6) is 1.23. The van der Waals surface area contributed by atoms with Crippen molar-refractivity contribution in [3.8, 4) is 11.5 Å². The maximum atomic E-state index is 12.1. The first-order valence-electron chi connectivity index (χ1n) is 8.90. The molecule has 1 amide bonds. The van der Waals surface area contributed by atoms with Gasteiger partial charge in [0.15, 0.2) is 11.5 Å². The fourth-order valence-corrected chi connectivity index (χ4v) is 3.24. The van der Waals surface area contributed by atoms with Crippen molar-refractivity contribution in [3.05, 3.63) is 65.2 Å². The van der Waals surface area contributed by atoms with E-state index in [2.05, 4.69) is 5.10 Å². The number of nitrogens with zero attached hydrogens (tertiary/aromatic N) is 2. The van der Waals surface area contributed by atoms with Gasteiger partial charge in [-0.1, -0.05) is 36.4 Å². The molecule has 0 aliphatic carbocycles. The fraction of sp³-hybridized carbons (Fsp3) is 0.273. The molecule has 0 saturated heterocycles. The van der Waals surface area contributed by atoms with Crippen LogP contribution in [0, 0.1) is 0 Å². The number of ether oxygens (including phenoxy) is 2. The van der Waals surface area contributed by atoms with Crippen LogP contribution in [0.3, 0.4) is 0 Å². The van der Waals surface area contributed by atoms with E-state index in [4.69, 9.17) is 9.47 Å². The van der Waals surface area contributed by atoms with Gasteiger partial charge in [0.2, 0.25) is 5.91 Å². The number of hydrogen-bond donors (Lipinski definition) is 0. The molecule has 2 aromatic carbocycles. The lowest BCUT2D eigenvalue weighted by Crippen LogP contribution is -2.33. The predicted molar refractivity (Wildman–Crippen MR) is 107 cm³/mol. The standard InChI is InChI=1S/C22H24N2O3/c1-15-12-18-13-21(26-3)22(27-4)14-19(18)20(23-24(15)16(2)25)11-10-17-8-6-5-7-9-17/h5-11,13-15H,12H2,1-4H3. The molecule has 1 atom stereocenters. The molecular weight excluding hydrogens is 340 g/mol. The zero-order valence-corrected chi connectivity index (χ0v) is 16.1. The van der Waals surface area contributed by atoms with Gasteiger partial charge in [-0.3, -0.25) is 4.79 Å². The normalized spacial score (nSPS) is 16.5. The second-order valence-electron chi connectivity index (χ2n) is 6.51. The Morgan fingerprint density at radius 1 is 1.11 bits per heavy atom. The Balaban J connectivity index is 2.13. The van der Waals surface area contributed by atoms with Gasteiger partial charge in [-0.25, -0.2) is 5.01 Å². The number of fused-ring (bicyclic) bond motifs is 1. The lowest BCUT2D eigenvalue weighted by Gasteiger charge is -2.21. The van der Waals surface area contributed by atoms with Gasteiger partial charge < -0.3 is 9.47 Å². The van der Waals surface area contributed by atoms with Crippen molar-refractivity contribution in [1.82, 2.24) is 5.01 Å². The Kier molecular flexibility index (Phi) is 5.60. The first-order chi connectivity index (χ1) is 13.0. The molecule has 140 valence electrons. The molecule has 5 nitrogen and oxygen atoms in total. The fourth-order valence-electron chi connectivity index (χ4n) is 3.24. The molecule has 1 unspecified atom stereocenters. The minimum atomic E-state index is -0.0835. The van der Waals surface area contributed by atoms with Crippen molar-refractivity contribution in [2.75, 3.05) is 14.2 Å². The second kappa shape index (κ2) is 8.08. The van der Waals surface area contributed by atoms with Crippen LogP contribution in [0.5, 0.6) is 11.5 Å². The second-order valence-corrected chi connectivity index (χ2v) is 6.51. The van der Waals surface area contributed by atoms with E-state index >= 15 is 0 Å². The Morgan fingerprint density at radius 3 is 2.41 bits per heavy atom. The van der Waals surface area contributed by atoms with Gasteiger partial charge in [-0.15, -0.1) is 0 Å². The van der Waals surface area contributed by atoms with E-state index in [0.717, 1.165) is 16.7 Å². The number of amides is 1. The summed E-state index contributed by atoms with van der Waals surface area (Å²) in [5.41, 5.74) is 3.79. The third-order valence-electron chi connectivity index (χ3n) is 4.59. The number of allylic oxidation sites excluding steroid dienone is 1. The number of hydrazone groups is 1. The summed E-state index contributed by atoms with van der Waals surface area (Å²) in [6, 6.07) is 13.8. The highest BCUT2D eigenvalue weighted by Gasteiger charge is 2.25. The maximum absolute atomic E-state index is 12.1. The topological polar surface area (TPSA) is 51.1 Å². The highest BCUT2D eigenvalue weighted by molar-refractivity contribution is 6.12. The van der Waals surface area contributed by atoms with Crippen LogP contribution in [0.4, 0.5) is 0 Å². The number of benzene rings is 2. The number of hydrogen-bond acceptors (Lipinski definition) is 4. The molecule has 5 heteroatoms. The molecule has 0 spiro atoms. The van der Waals surface area contributed by atoms with E-state index in [1.165, 1.54) is 6.92 Å². The van der Waals surface area contributed by atoms with Crippen LogP contribution < -0.4 is 9.47 Å². The molecule has 0 aromatic heterocycles. The molecule has 0 N–H and O–H groups in total. The molecule has 0 bridgehead atoms. The summed E-state index contributed by atoms with van der Waals surface area (Å²) in [4.78, 5) is 12.1. The van der Waals surface area contributed by atoms with Gasteiger partial charge in [-0.2, -0.15) is 5.10 Å². The maximum Gasteiger partial charge on any atom is 0.239 e. The van der Waals surface area contributed by atoms with Crippen molar-refractivity contribution >= 4 is 17.7 Å². The van der Waals surface area contributed by atoms with E-state index in [1.807, 2.05) is 61.5 Å². The molecule has 0 fully saturated rings. The zero-order chi connectivity index (χ0) is 19.4. The van der Waals surface area contributed by atoms with Crippen LogP contribution >= 0.6 is 0 Å². The molecule has 1 aliphatic heterocycles. The molecule has 2 aromatic rings. The SMILES string of the molecule is COc1cc2c(cc1OC)C(C=Cc1ccccc1)=NN(C(C)=O)C(C)C2. The highest BCUT2D eigenvalue weighted by Crippen LogP contribution is 2.33. The molecular formula is C22H24N2O3. The monoisotopic (exact) mass is 364 g/mol. The summed E-state index contributed by atoms with van der Waals surface area (Å²) in [7, 11) is 3.23. The van der Waals surface area contributed by atoms with E-state index in [1.54, 1.807) is 19.2 Å². The van der Waals surface area contributed by atoms with Gasteiger partial charge in [-0.05, 0) is 42.7 Å². The molecule has 1 aliphatic rings. The van der Waals surface area contributed by atoms with Crippen molar-refractivity contribution in [3.63, 3.8) is 0 Å². The van der Waals surface area contributed by atoms with Gasteiger partial charge in [0.25, 0.3) is 0 Å². The van der Waals surface area contributed by atoms with E-state index in [0.29, 0.717) is 23.6 Å². The Hall–Kier alpha value is -3.08. The average molecular weight is 364 g/mol. The lowest BCUT2D eigenvalue weighted by molar-refractivity contribution is -0.130. The predicted octanol–water partition coefficient (Wildman–Crippen LogP) is 3.91. The van der Waals surface area contributed by atoms with Gasteiger partial charge >= 0.3 is 0 Å². The van der Waals surface area contributed by atoms with Crippen LogP contribution in [0.25, 0.3) is 6.08 Å². The summed E-state index contributed by atoms with van der Waals surface area (Å²) in [6.07, 6.45) is 4.61. The zero-order valence-electron chi connectivity index (χ0n) is 16.1. The van der Waals surface area contributed by atoms with Crippen molar-refractivity contribution in [1.29, 1.82) is 0 Å². The summed E-state index contributed by atoms with van der Waals surface area (Å²) in [5, 5.41) is 6.21. The quantitative estimate of drug-likeness (QED) is 0.826. The van der Waals surface area contributed by atoms with E-state index in [9.17, 15) is 4.79 Å². The highest BCUT2D eigenvalue weighted by atomic mass is 16.5. The summed E-state index contributed by atoms with van der Waals surface area (Å²) < 4.78 is 10.9. The Bertz CT molecular complexity index is 888. The van der Waals surface area contributed by atoms with Crippen LogP contribution in [0.2, 0.25) is 0 Å². The van der Waals surface area contributed by atoms with Crippen LogP contribution in [0.1, 0.15) is 30.5 Å². The smallest absolute Gasteiger partial charge is 0.239 e. The van der Waals surface area contributed by atoms with Crippen LogP contribution in [0.15, 0.2) is 53.6 Å². The van der Waals surface area contributed by atoms with E-state index in [-0.39, 0.29) is 11.9 Å². The first-order valence-corrected chi connectivity index (χ1v) is 8.90. The van der Waals surface area contributed by atoms with Gasteiger partial charge in [0.05, 0.1) is 26.0 Å². The molecule has 0 saturated carbocycles. The number of rotatable bonds is 4. The van der Waals surface area contributed by atoms with Crippen molar-refractivity contribution in [2.24, 2.45) is 5.10 Å². The third kappa shape index (κ3) is 4.03. The van der Waals surface area contributed by atoms with Crippen LogP contribution in [-0.4, -0.2) is 36.9 Å². The molecule has 0 radical (unpaired) electrons. The average Bonchev–Trinajstić information content (AvgIpc) is 2.81. The first kappa shape index (κ1) is 18.7.